The summed E-state index contributed by atoms with van der Waals surface area (Å²) in [7, 11) is 1.57. The smallest absolute Gasteiger partial charge is 0.414 e. The summed E-state index contributed by atoms with van der Waals surface area (Å²) < 4.78 is 20.5. The van der Waals surface area contributed by atoms with Crippen LogP contribution < -0.4 is 4.90 Å². The predicted molar refractivity (Wildman–Crippen MR) is 105 cm³/mol. The van der Waals surface area contributed by atoms with Gasteiger partial charge in [-0.1, -0.05) is 11.6 Å². The van der Waals surface area contributed by atoms with E-state index >= 15 is 0 Å². The number of aromatic nitrogens is 1. The maximum absolute atomic E-state index is 14.3. The molecule has 1 heterocycles. The number of benzene rings is 1. The number of ether oxygens (including phenoxy) is 1. The van der Waals surface area contributed by atoms with Gasteiger partial charge in [-0.2, -0.15) is 0 Å². The lowest BCUT2D eigenvalue weighted by Gasteiger charge is -2.26. The molecule has 2 aromatic rings. The van der Waals surface area contributed by atoms with Gasteiger partial charge in [0.25, 0.3) is 0 Å². The van der Waals surface area contributed by atoms with Gasteiger partial charge < -0.3 is 4.74 Å². The molecular weight excluding hydrogens is 458 g/mol. The number of pyridine rings is 1. The van der Waals surface area contributed by atoms with Gasteiger partial charge in [0.15, 0.2) is 0 Å². The van der Waals surface area contributed by atoms with E-state index in [0.29, 0.717) is 22.7 Å². The second-order valence-electron chi connectivity index (χ2n) is 6.91. The number of fused-ring (bicyclic) bond motifs is 3. The van der Waals surface area contributed by atoms with Crippen LogP contribution in [0.4, 0.5) is 14.9 Å². The minimum atomic E-state index is -0.633. The van der Waals surface area contributed by atoms with Crippen LogP contribution >= 0.6 is 34.2 Å². The molecule has 3 rings (SSSR count). The number of carbonyl (C=O) groups is 1. The molecule has 0 fully saturated rings. The van der Waals surface area contributed by atoms with Crippen molar-refractivity contribution in [2.75, 3.05) is 11.9 Å². The molecule has 1 aliphatic carbocycles. The Balaban J connectivity index is 2.09. The molecule has 0 spiro atoms. The van der Waals surface area contributed by atoms with Gasteiger partial charge in [0.2, 0.25) is 0 Å². The van der Waals surface area contributed by atoms with Crippen molar-refractivity contribution < 1.29 is 13.9 Å². The molecule has 1 aromatic heterocycles. The van der Waals surface area contributed by atoms with Gasteiger partial charge >= 0.3 is 6.09 Å². The highest BCUT2D eigenvalue weighted by Gasteiger charge is 2.30. The van der Waals surface area contributed by atoms with Crippen LogP contribution in [0.15, 0.2) is 18.3 Å². The second-order valence-corrected chi connectivity index (χ2v) is 8.45. The fourth-order valence-electron chi connectivity index (χ4n) is 2.84. The zero-order chi connectivity index (χ0) is 18.5. The first-order valence-corrected chi connectivity index (χ1v) is 9.16. The number of carbonyl (C=O) groups excluding carboxylic acids is 1. The molecule has 4 nitrogen and oxygen atoms in total. The maximum atomic E-state index is 14.3. The van der Waals surface area contributed by atoms with Gasteiger partial charge in [-0.3, -0.25) is 9.88 Å². The van der Waals surface area contributed by atoms with Crippen LogP contribution in [0.2, 0.25) is 5.02 Å². The van der Waals surface area contributed by atoms with Gasteiger partial charge in [-0.05, 0) is 66.6 Å². The highest BCUT2D eigenvalue weighted by Crippen LogP contribution is 2.45. The number of nitrogens with zero attached hydrogens (tertiary/aromatic N) is 2. The zero-order valence-electron chi connectivity index (χ0n) is 14.3. The Kier molecular flexibility index (Phi) is 4.70. The number of halogens is 3. The minimum Gasteiger partial charge on any atom is -0.443 e. The molecule has 25 heavy (non-hydrogen) atoms. The molecule has 0 aliphatic heterocycles. The third kappa shape index (κ3) is 3.46. The van der Waals surface area contributed by atoms with Crippen LogP contribution in [0.1, 0.15) is 32.0 Å². The number of hydrogen-bond acceptors (Lipinski definition) is 3. The fourth-order valence-corrected chi connectivity index (χ4v) is 3.50. The average Bonchev–Trinajstić information content (AvgIpc) is 2.86. The van der Waals surface area contributed by atoms with E-state index in [1.165, 1.54) is 17.0 Å². The number of amides is 1. The molecule has 132 valence electrons. The van der Waals surface area contributed by atoms with Crippen molar-refractivity contribution in [1.82, 2.24) is 4.98 Å². The predicted octanol–water partition coefficient (Wildman–Crippen LogP) is 5.42. The van der Waals surface area contributed by atoms with Crippen molar-refractivity contribution in [3.63, 3.8) is 0 Å². The maximum Gasteiger partial charge on any atom is 0.414 e. The van der Waals surface area contributed by atoms with Gasteiger partial charge in [0.05, 0.1) is 20.0 Å². The first-order valence-electron chi connectivity index (χ1n) is 7.71. The van der Waals surface area contributed by atoms with Gasteiger partial charge in [-0.15, -0.1) is 0 Å². The first kappa shape index (κ1) is 18.4. The molecule has 1 amide bonds. The van der Waals surface area contributed by atoms with Crippen LogP contribution in [0.5, 0.6) is 0 Å². The summed E-state index contributed by atoms with van der Waals surface area (Å²) in [5.74, 6) is -0.438. The summed E-state index contributed by atoms with van der Waals surface area (Å²) in [5.41, 5.74) is 2.85. The Morgan fingerprint density at radius 2 is 2.08 bits per heavy atom. The third-order valence-corrected chi connectivity index (χ3v) is 5.41. The lowest BCUT2D eigenvalue weighted by molar-refractivity contribution is 0.0589. The highest BCUT2D eigenvalue weighted by molar-refractivity contribution is 14.1. The molecule has 0 atom stereocenters. The molecule has 0 saturated heterocycles. The third-order valence-electron chi connectivity index (χ3n) is 3.88. The van der Waals surface area contributed by atoms with E-state index in [1.54, 1.807) is 34.0 Å². The number of rotatable bonds is 1. The van der Waals surface area contributed by atoms with E-state index < -0.39 is 17.5 Å². The molecule has 0 radical (unpaired) electrons. The zero-order valence-corrected chi connectivity index (χ0v) is 17.2. The van der Waals surface area contributed by atoms with Crippen molar-refractivity contribution >= 4 is 46.0 Å². The molecule has 0 saturated carbocycles. The van der Waals surface area contributed by atoms with Gasteiger partial charge in [0, 0.05) is 25.2 Å². The summed E-state index contributed by atoms with van der Waals surface area (Å²) in [6.07, 6.45) is 1.65. The van der Waals surface area contributed by atoms with E-state index in [0.717, 1.165) is 20.4 Å². The Bertz CT molecular complexity index is 880. The van der Waals surface area contributed by atoms with Crippen molar-refractivity contribution in [1.29, 1.82) is 0 Å². The van der Waals surface area contributed by atoms with E-state index in [1.807, 2.05) is 0 Å². The Morgan fingerprint density at radius 1 is 1.40 bits per heavy atom. The fraction of sp³-hybridized carbons (Fsp3) is 0.333. The summed E-state index contributed by atoms with van der Waals surface area (Å²) in [5, 5.41) is 0.556. The van der Waals surface area contributed by atoms with Crippen LogP contribution in [-0.2, 0) is 11.2 Å². The standard InChI is InChI=1S/C18H17ClFIN2O2/c1-18(2,3)25-17(24)23(4)14-6-9(20)5-11-10(14)7-13-15(11)16(19)12(21)8-22-13/h5-6,8H,7H2,1-4H3. The molecule has 0 bridgehead atoms. The van der Waals surface area contributed by atoms with E-state index in [4.69, 9.17) is 16.3 Å². The Labute approximate surface area is 164 Å². The molecular formula is C18H17ClFIN2O2. The van der Waals surface area contributed by atoms with Crippen molar-refractivity contribution in [3.8, 4) is 11.1 Å². The average molecular weight is 475 g/mol. The molecule has 0 unspecified atom stereocenters. The molecule has 0 N–H and O–H groups in total. The largest absolute Gasteiger partial charge is 0.443 e. The Morgan fingerprint density at radius 3 is 2.72 bits per heavy atom. The van der Waals surface area contributed by atoms with Crippen LogP contribution in [0.25, 0.3) is 11.1 Å². The lowest BCUT2D eigenvalue weighted by atomic mass is 10.0. The SMILES string of the molecule is CN(C(=O)OC(C)(C)C)c1cc(F)cc2c1Cc1ncc(I)c(Cl)c1-2. The summed E-state index contributed by atoms with van der Waals surface area (Å²) >= 11 is 8.52. The lowest BCUT2D eigenvalue weighted by Crippen LogP contribution is -2.34. The number of hydrogen-bond donors (Lipinski definition) is 0. The van der Waals surface area contributed by atoms with Gasteiger partial charge in [-0.25, -0.2) is 9.18 Å². The number of anilines is 1. The van der Waals surface area contributed by atoms with Crippen molar-refractivity contribution in [2.24, 2.45) is 0 Å². The quantitative estimate of drug-likeness (QED) is 0.442. The summed E-state index contributed by atoms with van der Waals surface area (Å²) in [4.78, 5) is 18.2. The monoisotopic (exact) mass is 474 g/mol. The molecule has 7 heteroatoms. The van der Waals surface area contributed by atoms with E-state index in [9.17, 15) is 9.18 Å². The van der Waals surface area contributed by atoms with Crippen LogP contribution in [-0.4, -0.2) is 23.7 Å². The first-order chi connectivity index (χ1) is 11.6. The topological polar surface area (TPSA) is 42.4 Å². The normalized spacial score (nSPS) is 12.6. The summed E-state index contributed by atoms with van der Waals surface area (Å²) in [6, 6.07) is 2.78. The van der Waals surface area contributed by atoms with Crippen LogP contribution in [0.3, 0.4) is 0 Å². The molecule has 1 aliphatic rings. The van der Waals surface area contributed by atoms with E-state index in [2.05, 4.69) is 27.6 Å². The van der Waals surface area contributed by atoms with E-state index in [-0.39, 0.29) is 0 Å². The Hall–Kier alpha value is -1.41. The van der Waals surface area contributed by atoms with Crippen molar-refractivity contribution in [2.45, 2.75) is 32.8 Å². The summed E-state index contributed by atoms with van der Waals surface area (Å²) in [6.45, 7) is 5.36. The second kappa shape index (κ2) is 6.39. The molecule has 1 aromatic carbocycles. The van der Waals surface area contributed by atoms with Gasteiger partial charge in [0.1, 0.15) is 11.4 Å². The minimum absolute atomic E-state index is 0.438. The van der Waals surface area contributed by atoms with Crippen molar-refractivity contribution in [3.05, 3.63) is 44.0 Å². The van der Waals surface area contributed by atoms with Crippen LogP contribution in [0, 0.1) is 9.39 Å². The highest BCUT2D eigenvalue weighted by atomic mass is 127.